The zero-order valence-electron chi connectivity index (χ0n) is 10.7. The number of pyridine rings is 1. The molecule has 2 aromatic rings. The first-order valence-corrected chi connectivity index (χ1v) is 6.67. The Bertz CT molecular complexity index is 652. The lowest BCUT2D eigenvalue weighted by molar-refractivity contribution is -0.121. The molecule has 0 spiro atoms. The van der Waals surface area contributed by atoms with Gasteiger partial charge in [-0.05, 0) is 30.9 Å². The fourth-order valence-corrected chi connectivity index (χ4v) is 2.42. The minimum atomic E-state index is -0.147. The zero-order chi connectivity index (χ0) is 13.2. The van der Waals surface area contributed by atoms with Gasteiger partial charge in [-0.25, -0.2) is 0 Å². The van der Waals surface area contributed by atoms with Crippen molar-refractivity contribution in [1.29, 1.82) is 0 Å². The minimum Gasteiger partial charge on any atom is -0.360 e. The summed E-state index contributed by atoms with van der Waals surface area (Å²) in [6, 6.07) is 5.04. The highest BCUT2D eigenvalue weighted by Crippen LogP contribution is 2.25. The summed E-state index contributed by atoms with van der Waals surface area (Å²) in [6.45, 7) is 0.817. The molecule has 0 saturated heterocycles. The van der Waals surface area contributed by atoms with Crippen LogP contribution >= 0.6 is 0 Å². The number of nitrogens with one attached hydrogen (secondary N) is 2. The number of aromatic nitrogens is 2. The Labute approximate surface area is 110 Å². The van der Waals surface area contributed by atoms with Crippen molar-refractivity contribution in [3.8, 4) is 0 Å². The Balaban J connectivity index is 1.73. The fraction of sp³-hybridized carbons (Fsp3) is 0.429. The van der Waals surface area contributed by atoms with Crippen LogP contribution in [-0.2, 0) is 11.3 Å². The Morgan fingerprint density at radius 3 is 2.95 bits per heavy atom. The van der Waals surface area contributed by atoms with E-state index in [0.717, 1.165) is 17.6 Å². The van der Waals surface area contributed by atoms with Gasteiger partial charge in [-0.2, -0.15) is 0 Å². The summed E-state index contributed by atoms with van der Waals surface area (Å²) in [7, 11) is 0. The van der Waals surface area contributed by atoms with Crippen LogP contribution in [0.4, 0.5) is 0 Å². The molecule has 2 aromatic heterocycles. The number of amides is 1. The minimum absolute atomic E-state index is 0.0841. The van der Waals surface area contributed by atoms with Gasteiger partial charge in [0.1, 0.15) is 6.54 Å². The molecule has 1 fully saturated rings. The summed E-state index contributed by atoms with van der Waals surface area (Å²) in [6.07, 6.45) is 5.44. The molecule has 1 saturated carbocycles. The number of carbonyl (C=O) groups is 1. The Kier molecular flexibility index (Phi) is 3.11. The second-order valence-electron chi connectivity index (χ2n) is 5.14. The molecule has 3 rings (SSSR count). The summed E-state index contributed by atoms with van der Waals surface area (Å²) in [4.78, 5) is 26.8. The van der Waals surface area contributed by atoms with Crippen LogP contribution in [0.2, 0.25) is 0 Å². The van der Waals surface area contributed by atoms with Gasteiger partial charge in [0.2, 0.25) is 5.91 Å². The summed E-state index contributed by atoms with van der Waals surface area (Å²) >= 11 is 0. The molecular weight excluding hydrogens is 242 g/mol. The Morgan fingerprint density at radius 1 is 1.37 bits per heavy atom. The van der Waals surface area contributed by atoms with Crippen LogP contribution in [0.15, 0.2) is 29.2 Å². The third kappa shape index (κ3) is 2.41. The van der Waals surface area contributed by atoms with Crippen LogP contribution in [0.3, 0.4) is 0 Å². The van der Waals surface area contributed by atoms with E-state index in [4.69, 9.17) is 0 Å². The smallest absolute Gasteiger partial charge is 0.251 e. The van der Waals surface area contributed by atoms with E-state index < -0.39 is 0 Å². The molecule has 0 radical (unpaired) electrons. The first-order chi connectivity index (χ1) is 9.24. The number of aromatic amines is 1. The van der Waals surface area contributed by atoms with Crippen molar-refractivity contribution in [1.82, 2.24) is 14.9 Å². The topological polar surface area (TPSA) is 66.9 Å². The third-order valence-corrected chi connectivity index (χ3v) is 3.82. The Hall–Kier alpha value is -2.04. The maximum absolute atomic E-state index is 11.9. The van der Waals surface area contributed by atoms with Crippen LogP contribution in [0.5, 0.6) is 0 Å². The quantitative estimate of drug-likeness (QED) is 0.867. The van der Waals surface area contributed by atoms with Crippen LogP contribution in [0.25, 0.3) is 11.0 Å². The van der Waals surface area contributed by atoms with E-state index in [-0.39, 0.29) is 18.0 Å². The predicted octanol–water partition coefficient (Wildman–Crippen LogP) is 1.25. The van der Waals surface area contributed by atoms with Gasteiger partial charge in [-0.15, -0.1) is 0 Å². The highest BCUT2D eigenvalue weighted by Gasteiger charge is 2.18. The molecule has 5 heteroatoms. The summed E-state index contributed by atoms with van der Waals surface area (Å²) in [5.74, 6) is 0.534. The monoisotopic (exact) mass is 259 g/mol. The van der Waals surface area contributed by atoms with Gasteiger partial charge in [0, 0.05) is 18.8 Å². The average Bonchev–Trinajstić information content (AvgIpc) is 2.79. The maximum Gasteiger partial charge on any atom is 0.251 e. The number of nitrogens with zero attached hydrogens (tertiary/aromatic N) is 1. The first kappa shape index (κ1) is 12.0. The number of carbonyl (C=O) groups excluding carboxylic acids is 1. The second kappa shape index (κ2) is 4.91. The molecule has 5 nitrogen and oxygen atoms in total. The van der Waals surface area contributed by atoms with E-state index >= 15 is 0 Å². The number of hydrogen-bond donors (Lipinski definition) is 2. The van der Waals surface area contributed by atoms with Gasteiger partial charge < -0.3 is 10.3 Å². The molecule has 1 aliphatic rings. The fourth-order valence-electron chi connectivity index (χ4n) is 2.42. The van der Waals surface area contributed by atoms with Gasteiger partial charge in [-0.1, -0.05) is 6.42 Å². The van der Waals surface area contributed by atoms with E-state index in [9.17, 15) is 9.59 Å². The van der Waals surface area contributed by atoms with E-state index in [1.54, 1.807) is 12.3 Å². The molecule has 1 aliphatic carbocycles. The number of rotatable bonds is 4. The molecule has 100 valence electrons. The van der Waals surface area contributed by atoms with Crippen molar-refractivity contribution in [3.05, 3.63) is 34.7 Å². The molecule has 19 heavy (non-hydrogen) atoms. The Morgan fingerprint density at radius 2 is 2.21 bits per heavy atom. The van der Waals surface area contributed by atoms with Gasteiger partial charge in [-0.3, -0.25) is 14.2 Å². The highest BCUT2D eigenvalue weighted by molar-refractivity contribution is 5.80. The highest BCUT2D eigenvalue weighted by atomic mass is 16.2. The van der Waals surface area contributed by atoms with Crippen LogP contribution in [0.1, 0.15) is 19.3 Å². The lowest BCUT2D eigenvalue weighted by Gasteiger charge is -2.25. The van der Waals surface area contributed by atoms with Gasteiger partial charge in [0.25, 0.3) is 5.56 Å². The van der Waals surface area contributed by atoms with E-state index in [1.165, 1.54) is 29.9 Å². The van der Waals surface area contributed by atoms with Gasteiger partial charge >= 0.3 is 0 Å². The molecule has 0 unspecified atom stereocenters. The lowest BCUT2D eigenvalue weighted by Crippen LogP contribution is -2.36. The van der Waals surface area contributed by atoms with Crippen molar-refractivity contribution in [3.63, 3.8) is 0 Å². The maximum atomic E-state index is 11.9. The lowest BCUT2D eigenvalue weighted by atomic mass is 9.85. The standard InChI is InChI=1S/C14H17N3O2/c18-13(16-8-10-2-1-3-10)9-17-12-6-7-15-11(12)4-5-14(17)19/h4-7,10,15H,1-3,8-9H2,(H,16,18). The van der Waals surface area contributed by atoms with E-state index in [0.29, 0.717) is 5.92 Å². The van der Waals surface area contributed by atoms with Crippen LogP contribution < -0.4 is 10.9 Å². The first-order valence-electron chi connectivity index (χ1n) is 6.67. The molecule has 0 aromatic carbocycles. The van der Waals surface area contributed by atoms with Crippen LogP contribution in [0, 0.1) is 5.92 Å². The van der Waals surface area contributed by atoms with E-state index in [2.05, 4.69) is 10.3 Å². The van der Waals surface area contributed by atoms with Gasteiger partial charge in [0.15, 0.2) is 0 Å². The normalized spacial score (nSPS) is 15.4. The van der Waals surface area contributed by atoms with Gasteiger partial charge in [0.05, 0.1) is 11.0 Å². The molecular formula is C14H17N3O2. The molecule has 0 atom stereocenters. The molecule has 2 heterocycles. The number of fused-ring (bicyclic) bond motifs is 1. The SMILES string of the molecule is O=C(Cn1c(=O)ccc2[nH]ccc21)NCC1CCC1. The van der Waals surface area contributed by atoms with Crippen molar-refractivity contribution < 1.29 is 4.79 Å². The molecule has 2 N–H and O–H groups in total. The van der Waals surface area contributed by atoms with Crippen molar-refractivity contribution in [2.24, 2.45) is 5.92 Å². The second-order valence-corrected chi connectivity index (χ2v) is 5.14. The number of hydrogen-bond acceptors (Lipinski definition) is 2. The molecule has 0 aliphatic heterocycles. The third-order valence-electron chi connectivity index (χ3n) is 3.82. The van der Waals surface area contributed by atoms with E-state index in [1.807, 2.05) is 6.07 Å². The summed E-state index contributed by atoms with van der Waals surface area (Å²) in [5.41, 5.74) is 1.49. The zero-order valence-corrected chi connectivity index (χ0v) is 10.7. The average molecular weight is 259 g/mol. The summed E-state index contributed by atoms with van der Waals surface area (Å²) in [5, 5.41) is 2.91. The molecule has 0 bridgehead atoms. The predicted molar refractivity (Wildman–Crippen MR) is 72.9 cm³/mol. The van der Waals surface area contributed by atoms with Crippen molar-refractivity contribution >= 4 is 16.9 Å². The molecule has 1 amide bonds. The van der Waals surface area contributed by atoms with Crippen molar-refractivity contribution in [2.75, 3.05) is 6.54 Å². The summed E-state index contributed by atoms with van der Waals surface area (Å²) < 4.78 is 1.50. The van der Waals surface area contributed by atoms with Crippen LogP contribution in [-0.4, -0.2) is 22.0 Å². The van der Waals surface area contributed by atoms with Crippen molar-refractivity contribution in [2.45, 2.75) is 25.8 Å². The number of H-pyrrole nitrogens is 1. The largest absolute Gasteiger partial charge is 0.360 e.